The number of methoxy groups -OCH3 is 1. The quantitative estimate of drug-likeness (QED) is 0.467. The first-order valence-electron chi connectivity index (χ1n) is 5.28. The number of benzene rings is 1. The Balaban J connectivity index is 3.15. The molecule has 0 saturated heterocycles. The molecule has 1 aromatic rings. The third-order valence-corrected chi connectivity index (χ3v) is 2.25. The zero-order valence-corrected chi connectivity index (χ0v) is 10.3. The normalized spacial score (nSPS) is 11.5. The topological polar surface area (TPSA) is 26.3 Å². The van der Waals surface area contributed by atoms with Crippen LogP contribution in [0, 0.1) is 11.8 Å². The Hall–Kier alpha value is -2.22. The number of hydrogen-bond donors (Lipinski definition) is 0. The van der Waals surface area contributed by atoms with E-state index in [-0.39, 0.29) is 0 Å². The lowest BCUT2D eigenvalue weighted by molar-refractivity contribution is -0.137. The van der Waals surface area contributed by atoms with Crippen molar-refractivity contribution < 1.29 is 22.7 Å². The molecule has 0 amide bonds. The molecule has 0 bridgehead atoms. The highest BCUT2D eigenvalue weighted by molar-refractivity contribution is 5.96. The van der Waals surface area contributed by atoms with Crippen molar-refractivity contribution in [3.05, 3.63) is 41.5 Å². The average Bonchev–Trinajstić information content (AvgIpc) is 2.37. The second-order valence-electron chi connectivity index (χ2n) is 3.53. The summed E-state index contributed by atoms with van der Waals surface area (Å²) < 4.78 is 41.7. The molecule has 1 aromatic carbocycles. The second kappa shape index (κ2) is 6.10. The van der Waals surface area contributed by atoms with Crippen molar-refractivity contribution in [3.63, 3.8) is 0 Å². The first-order chi connectivity index (χ1) is 8.88. The summed E-state index contributed by atoms with van der Waals surface area (Å²) in [5.74, 6) is 4.63. The Kier molecular flexibility index (Phi) is 4.76. The van der Waals surface area contributed by atoms with Crippen molar-refractivity contribution in [1.82, 2.24) is 0 Å². The third-order valence-electron chi connectivity index (χ3n) is 2.25. The van der Waals surface area contributed by atoms with Gasteiger partial charge in [0, 0.05) is 11.6 Å². The van der Waals surface area contributed by atoms with E-state index in [0.717, 1.165) is 18.2 Å². The summed E-state index contributed by atoms with van der Waals surface area (Å²) in [6, 6.07) is 4.42. The maximum atomic E-state index is 12.4. The standard InChI is InChI=1S/C14H11F3O2/c1-3-4-11(9-13(18)19-2)10-5-7-12(8-6-10)14(15,16)17/h5-9H,1-2H3/b11-9+. The lowest BCUT2D eigenvalue weighted by atomic mass is 10.0. The monoisotopic (exact) mass is 268 g/mol. The van der Waals surface area contributed by atoms with Crippen molar-refractivity contribution in [1.29, 1.82) is 0 Å². The van der Waals surface area contributed by atoms with Crippen LogP contribution in [0.5, 0.6) is 0 Å². The van der Waals surface area contributed by atoms with Crippen LogP contribution < -0.4 is 0 Å². The number of hydrogen-bond acceptors (Lipinski definition) is 2. The molecule has 0 spiro atoms. The summed E-state index contributed by atoms with van der Waals surface area (Å²) >= 11 is 0. The summed E-state index contributed by atoms with van der Waals surface area (Å²) in [6.07, 6.45) is -3.25. The fraction of sp³-hybridized carbons (Fsp3) is 0.214. The van der Waals surface area contributed by atoms with Crippen LogP contribution in [0.3, 0.4) is 0 Å². The van der Waals surface area contributed by atoms with Crippen molar-refractivity contribution in [2.45, 2.75) is 13.1 Å². The molecule has 100 valence electrons. The van der Waals surface area contributed by atoms with Crippen LogP contribution in [0.4, 0.5) is 13.2 Å². The summed E-state index contributed by atoms with van der Waals surface area (Å²) in [6.45, 7) is 1.56. The van der Waals surface area contributed by atoms with Gasteiger partial charge < -0.3 is 4.74 Å². The molecule has 0 heterocycles. The minimum atomic E-state index is -4.39. The van der Waals surface area contributed by atoms with E-state index in [9.17, 15) is 18.0 Å². The lowest BCUT2D eigenvalue weighted by Crippen LogP contribution is -2.04. The predicted octanol–water partition coefficient (Wildman–Crippen LogP) is 3.29. The summed E-state index contributed by atoms with van der Waals surface area (Å²) in [4.78, 5) is 11.2. The van der Waals surface area contributed by atoms with Gasteiger partial charge in [0.2, 0.25) is 0 Å². The van der Waals surface area contributed by atoms with E-state index < -0.39 is 17.7 Å². The van der Waals surface area contributed by atoms with Crippen LogP contribution in [-0.4, -0.2) is 13.1 Å². The molecule has 0 aliphatic heterocycles. The molecule has 0 N–H and O–H groups in total. The van der Waals surface area contributed by atoms with Crippen LogP contribution >= 0.6 is 0 Å². The van der Waals surface area contributed by atoms with Crippen molar-refractivity contribution in [3.8, 4) is 11.8 Å². The van der Waals surface area contributed by atoms with Gasteiger partial charge in [0.05, 0.1) is 12.7 Å². The maximum Gasteiger partial charge on any atom is 0.416 e. The van der Waals surface area contributed by atoms with Gasteiger partial charge in [-0.3, -0.25) is 0 Å². The molecule has 0 saturated carbocycles. The zero-order chi connectivity index (χ0) is 14.5. The fourth-order valence-corrected chi connectivity index (χ4v) is 1.34. The first-order valence-corrected chi connectivity index (χ1v) is 5.28. The van der Waals surface area contributed by atoms with Crippen LogP contribution in [-0.2, 0) is 15.7 Å². The Morgan fingerprint density at radius 1 is 1.26 bits per heavy atom. The number of ether oxygens (including phenoxy) is 1. The van der Waals surface area contributed by atoms with Gasteiger partial charge in [-0.05, 0) is 24.6 Å². The van der Waals surface area contributed by atoms with Crippen molar-refractivity contribution in [2.75, 3.05) is 7.11 Å². The second-order valence-corrected chi connectivity index (χ2v) is 3.53. The molecule has 0 atom stereocenters. The number of esters is 1. The summed E-state index contributed by atoms with van der Waals surface area (Å²) in [7, 11) is 1.21. The number of allylic oxidation sites excluding steroid dienone is 1. The Morgan fingerprint density at radius 2 is 1.84 bits per heavy atom. The highest BCUT2D eigenvalue weighted by Crippen LogP contribution is 2.30. The number of rotatable bonds is 2. The molecule has 19 heavy (non-hydrogen) atoms. The van der Waals surface area contributed by atoms with Gasteiger partial charge in [-0.25, -0.2) is 4.79 Å². The molecule has 0 unspecified atom stereocenters. The minimum Gasteiger partial charge on any atom is -0.466 e. The molecule has 0 aromatic heterocycles. The van der Waals surface area contributed by atoms with Crippen LogP contribution in [0.25, 0.3) is 5.57 Å². The molecule has 0 fully saturated rings. The molecule has 2 nitrogen and oxygen atoms in total. The fourth-order valence-electron chi connectivity index (χ4n) is 1.34. The molecule has 5 heteroatoms. The van der Waals surface area contributed by atoms with Gasteiger partial charge in [0.25, 0.3) is 0 Å². The number of carbonyl (C=O) groups excluding carboxylic acids is 1. The molecule has 0 aliphatic carbocycles. The van der Waals surface area contributed by atoms with E-state index in [0.29, 0.717) is 11.1 Å². The lowest BCUT2D eigenvalue weighted by Gasteiger charge is -2.07. The van der Waals surface area contributed by atoms with E-state index in [1.807, 2.05) is 0 Å². The van der Waals surface area contributed by atoms with Crippen LogP contribution in [0.15, 0.2) is 30.3 Å². The number of carbonyl (C=O) groups is 1. The van der Waals surface area contributed by atoms with E-state index in [2.05, 4.69) is 16.6 Å². The number of halogens is 3. The van der Waals surface area contributed by atoms with E-state index in [1.165, 1.54) is 19.2 Å². The van der Waals surface area contributed by atoms with E-state index in [1.54, 1.807) is 6.92 Å². The minimum absolute atomic E-state index is 0.308. The van der Waals surface area contributed by atoms with Crippen LogP contribution in [0.2, 0.25) is 0 Å². The third kappa shape index (κ3) is 4.18. The highest BCUT2D eigenvalue weighted by atomic mass is 19.4. The highest BCUT2D eigenvalue weighted by Gasteiger charge is 2.29. The van der Waals surface area contributed by atoms with Gasteiger partial charge >= 0.3 is 12.1 Å². The summed E-state index contributed by atoms with van der Waals surface area (Å²) in [5.41, 5.74) is -0.0195. The van der Waals surface area contributed by atoms with E-state index in [4.69, 9.17) is 0 Å². The SMILES string of the molecule is CC#C/C(=C\C(=O)OC)c1ccc(C(F)(F)F)cc1. The Bertz CT molecular complexity index is 543. The van der Waals surface area contributed by atoms with Crippen molar-refractivity contribution >= 4 is 11.5 Å². The molecule has 0 radical (unpaired) electrons. The van der Waals surface area contributed by atoms with Gasteiger partial charge in [0.15, 0.2) is 0 Å². The van der Waals surface area contributed by atoms with Crippen molar-refractivity contribution in [2.24, 2.45) is 0 Å². The van der Waals surface area contributed by atoms with Gasteiger partial charge in [-0.1, -0.05) is 18.1 Å². The Labute approximate surface area is 108 Å². The predicted molar refractivity (Wildman–Crippen MR) is 64.9 cm³/mol. The molecule has 0 aliphatic rings. The number of alkyl halides is 3. The van der Waals surface area contributed by atoms with Crippen LogP contribution in [0.1, 0.15) is 18.1 Å². The van der Waals surface area contributed by atoms with E-state index >= 15 is 0 Å². The molecular weight excluding hydrogens is 257 g/mol. The van der Waals surface area contributed by atoms with Gasteiger partial charge in [-0.2, -0.15) is 13.2 Å². The summed E-state index contributed by atoms with van der Waals surface area (Å²) in [5, 5.41) is 0. The first kappa shape index (κ1) is 14.8. The largest absolute Gasteiger partial charge is 0.466 e. The smallest absolute Gasteiger partial charge is 0.416 e. The molecule has 1 rings (SSSR count). The Morgan fingerprint density at radius 3 is 2.26 bits per heavy atom. The van der Waals surface area contributed by atoms with Gasteiger partial charge in [0.1, 0.15) is 0 Å². The zero-order valence-electron chi connectivity index (χ0n) is 10.3. The molecular formula is C14H11F3O2. The average molecular weight is 268 g/mol. The maximum absolute atomic E-state index is 12.4. The van der Waals surface area contributed by atoms with Gasteiger partial charge in [-0.15, -0.1) is 5.92 Å².